The summed E-state index contributed by atoms with van der Waals surface area (Å²) < 4.78 is 3.07. The summed E-state index contributed by atoms with van der Waals surface area (Å²) in [6.07, 6.45) is 4.19. The van der Waals surface area contributed by atoms with Crippen molar-refractivity contribution in [1.29, 1.82) is 0 Å². The van der Waals surface area contributed by atoms with Crippen LogP contribution in [0.15, 0.2) is 40.1 Å². The molecule has 0 spiro atoms. The van der Waals surface area contributed by atoms with E-state index < -0.39 is 0 Å². The van der Waals surface area contributed by atoms with Gasteiger partial charge in [0.15, 0.2) is 0 Å². The third-order valence-electron chi connectivity index (χ3n) is 4.71. The molecule has 130 valence electrons. The van der Waals surface area contributed by atoms with Crippen molar-refractivity contribution in [3.8, 4) is 0 Å². The minimum Gasteiger partial charge on any atom is -0.316 e. The number of aryl methyl sites for hydroxylation is 2. The van der Waals surface area contributed by atoms with Crippen LogP contribution in [0.4, 0.5) is 0 Å². The van der Waals surface area contributed by atoms with Gasteiger partial charge in [0.1, 0.15) is 0 Å². The molecule has 2 aromatic heterocycles. The summed E-state index contributed by atoms with van der Waals surface area (Å²) in [5.41, 5.74) is 0.515. The summed E-state index contributed by atoms with van der Waals surface area (Å²) in [4.78, 5) is 24.6. The van der Waals surface area contributed by atoms with E-state index in [1.165, 1.54) is 4.68 Å². The Kier molecular flexibility index (Phi) is 4.19. The van der Waals surface area contributed by atoms with Gasteiger partial charge in [-0.3, -0.25) is 19.4 Å². The van der Waals surface area contributed by atoms with E-state index in [1.54, 1.807) is 28.9 Å². The highest BCUT2D eigenvalue weighted by atomic mass is 16.2. The minimum absolute atomic E-state index is 0.202. The number of benzene rings is 1. The van der Waals surface area contributed by atoms with Gasteiger partial charge >= 0.3 is 0 Å². The monoisotopic (exact) mass is 340 g/mol. The summed E-state index contributed by atoms with van der Waals surface area (Å²) in [5.74, 6) is 0.394. The third-order valence-corrected chi connectivity index (χ3v) is 4.71. The minimum atomic E-state index is -0.261. The number of H-pyrrole nitrogens is 1. The molecule has 0 radical (unpaired) electrons. The van der Waals surface area contributed by atoms with Gasteiger partial charge in [-0.1, -0.05) is 17.3 Å². The van der Waals surface area contributed by atoms with Gasteiger partial charge in [-0.15, -0.1) is 5.10 Å². The van der Waals surface area contributed by atoms with Crippen molar-refractivity contribution < 1.29 is 0 Å². The molecule has 3 aromatic rings. The predicted octanol–water partition coefficient (Wildman–Crippen LogP) is 0.448. The van der Waals surface area contributed by atoms with Crippen LogP contribution in [0.5, 0.6) is 0 Å². The van der Waals surface area contributed by atoms with E-state index in [4.69, 9.17) is 0 Å². The summed E-state index contributed by atoms with van der Waals surface area (Å²) >= 11 is 0. The maximum Gasteiger partial charge on any atom is 0.273 e. The van der Waals surface area contributed by atoms with E-state index in [2.05, 4.69) is 20.7 Å². The highest BCUT2D eigenvalue weighted by molar-refractivity contribution is 5.80. The molecule has 1 aromatic carbocycles. The Bertz CT molecular complexity index is 996. The molecule has 2 N–H and O–H groups in total. The molecule has 0 amide bonds. The molecule has 1 aliphatic rings. The molecule has 0 unspecified atom stereocenters. The molecule has 1 fully saturated rings. The van der Waals surface area contributed by atoms with Crippen molar-refractivity contribution in [2.24, 2.45) is 0 Å². The third kappa shape index (κ3) is 3.12. The Balaban J connectivity index is 1.53. The molecule has 1 aliphatic heterocycles. The van der Waals surface area contributed by atoms with Gasteiger partial charge in [0.2, 0.25) is 0 Å². The summed E-state index contributed by atoms with van der Waals surface area (Å²) in [7, 11) is 0. The zero-order chi connectivity index (χ0) is 17.2. The van der Waals surface area contributed by atoms with E-state index in [9.17, 15) is 9.59 Å². The zero-order valence-corrected chi connectivity index (χ0v) is 13.8. The van der Waals surface area contributed by atoms with Crippen molar-refractivity contribution >= 4 is 10.8 Å². The lowest BCUT2D eigenvalue weighted by Crippen LogP contribution is -2.31. The van der Waals surface area contributed by atoms with E-state index >= 15 is 0 Å². The zero-order valence-electron chi connectivity index (χ0n) is 13.8. The van der Waals surface area contributed by atoms with Gasteiger partial charge in [-0.25, -0.2) is 4.68 Å². The second kappa shape index (κ2) is 6.64. The normalized spacial score (nSPS) is 17.8. The number of nitrogens with one attached hydrogen (secondary N) is 2. The van der Waals surface area contributed by atoms with Gasteiger partial charge in [-0.05, 0) is 31.5 Å². The quantitative estimate of drug-likeness (QED) is 0.719. The number of nitrogens with zero attached hydrogens (tertiary/aromatic N) is 4. The average Bonchev–Trinajstić information content (AvgIpc) is 3.13. The molecule has 25 heavy (non-hydrogen) atoms. The SMILES string of the molecule is O=c1[nH]n(CCn2cc([C@@H]3CCCNC3)nn2)c(=O)c2ccccc12. The molecule has 1 atom stereocenters. The van der Waals surface area contributed by atoms with Gasteiger partial charge < -0.3 is 5.32 Å². The number of rotatable bonds is 4. The van der Waals surface area contributed by atoms with Gasteiger partial charge in [0, 0.05) is 18.7 Å². The predicted molar refractivity (Wildman–Crippen MR) is 93.7 cm³/mol. The summed E-state index contributed by atoms with van der Waals surface area (Å²) in [6.45, 7) is 2.80. The van der Waals surface area contributed by atoms with Crippen LogP contribution >= 0.6 is 0 Å². The first-order valence-corrected chi connectivity index (χ1v) is 8.55. The average molecular weight is 340 g/mol. The summed E-state index contributed by atoms with van der Waals surface area (Å²) in [5, 5.41) is 15.3. The molecule has 4 rings (SSSR count). The van der Waals surface area contributed by atoms with Crippen molar-refractivity contribution in [2.75, 3.05) is 13.1 Å². The topological polar surface area (TPSA) is 97.6 Å². The molecule has 0 aliphatic carbocycles. The van der Waals surface area contributed by atoms with E-state index in [1.807, 2.05) is 6.20 Å². The van der Waals surface area contributed by atoms with Crippen LogP contribution < -0.4 is 16.4 Å². The lowest BCUT2D eigenvalue weighted by Gasteiger charge is -2.20. The van der Waals surface area contributed by atoms with Crippen LogP contribution in [0.3, 0.4) is 0 Å². The second-order valence-corrected chi connectivity index (χ2v) is 6.39. The van der Waals surface area contributed by atoms with Crippen LogP contribution in [0.2, 0.25) is 0 Å². The Hall–Kier alpha value is -2.74. The van der Waals surface area contributed by atoms with Gasteiger partial charge in [0.05, 0.1) is 29.6 Å². The number of hydrogen-bond donors (Lipinski definition) is 2. The molecular formula is C17H20N6O2. The lowest BCUT2D eigenvalue weighted by molar-refractivity contribution is 0.454. The Morgan fingerprint density at radius 2 is 2.00 bits per heavy atom. The molecule has 1 saturated heterocycles. The van der Waals surface area contributed by atoms with Crippen molar-refractivity contribution in [3.63, 3.8) is 0 Å². The number of hydrogen-bond acceptors (Lipinski definition) is 5. The highest BCUT2D eigenvalue weighted by Gasteiger charge is 2.18. The Labute approximate surface area is 143 Å². The smallest absolute Gasteiger partial charge is 0.273 e. The molecule has 8 nitrogen and oxygen atoms in total. The van der Waals surface area contributed by atoms with Crippen molar-refractivity contribution in [1.82, 2.24) is 30.1 Å². The fourth-order valence-corrected chi connectivity index (χ4v) is 3.32. The van der Waals surface area contributed by atoms with Crippen LogP contribution in [-0.4, -0.2) is 37.9 Å². The molecule has 0 bridgehead atoms. The number of piperidine rings is 1. The highest BCUT2D eigenvalue weighted by Crippen LogP contribution is 2.20. The Morgan fingerprint density at radius 3 is 2.80 bits per heavy atom. The van der Waals surface area contributed by atoms with Crippen LogP contribution in [-0.2, 0) is 13.1 Å². The first-order valence-electron chi connectivity index (χ1n) is 8.55. The van der Waals surface area contributed by atoms with Crippen molar-refractivity contribution in [2.45, 2.75) is 31.8 Å². The first-order chi connectivity index (χ1) is 12.2. The number of aromatic nitrogens is 5. The fraction of sp³-hybridized carbons (Fsp3) is 0.412. The molecular weight excluding hydrogens is 320 g/mol. The van der Waals surface area contributed by atoms with E-state index in [-0.39, 0.29) is 11.1 Å². The van der Waals surface area contributed by atoms with E-state index in [0.29, 0.717) is 29.8 Å². The summed E-state index contributed by atoms with van der Waals surface area (Å²) in [6, 6.07) is 6.84. The maximum atomic E-state index is 12.5. The molecule has 8 heteroatoms. The number of fused-ring (bicyclic) bond motifs is 1. The molecule has 3 heterocycles. The van der Waals surface area contributed by atoms with Crippen molar-refractivity contribution in [3.05, 3.63) is 56.9 Å². The fourth-order valence-electron chi connectivity index (χ4n) is 3.32. The Morgan fingerprint density at radius 1 is 1.16 bits per heavy atom. The van der Waals surface area contributed by atoms with Crippen LogP contribution in [0.25, 0.3) is 10.8 Å². The first kappa shape index (κ1) is 15.8. The standard InChI is InChI=1S/C17H20N6O2/c24-16-13-5-1-2-6-14(13)17(25)23(20-16)9-8-22-11-15(19-21-22)12-4-3-7-18-10-12/h1-2,5-6,11-12,18H,3-4,7-10H2,(H,20,24)/t12-/m1/s1. The number of aromatic amines is 1. The second-order valence-electron chi connectivity index (χ2n) is 6.39. The van der Waals surface area contributed by atoms with Crippen LogP contribution in [0, 0.1) is 0 Å². The largest absolute Gasteiger partial charge is 0.316 e. The maximum absolute atomic E-state index is 12.5. The van der Waals surface area contributed by atoms with Crippen LogP contribution in [0.1, 0.15) is 24.5 Å². The van der Waals surface area contributed by atoms with Gasteiger partial charge in [0.25, 0.3) is 11.1 Å². The van der Waals surface area contributed by atoms with E-state index in [0.717, 1.165) is 31.6 Å². The lowest BCUT2D eigenvalue weighted by atomic mass is 9.97. The molecule has 0 saturated carbocycles. The van der Waals surface area contributed by atoms with Gasteiger partial charge in [-0.2, -0.15) is 0 Å².